The third kappa shape index (κ3) is 2.68. The van der Waals surface area contributed by atoms with Gasteiger partial charge in [0.05, 0.1) is 22.3 Å². The number of likely N-dealkylation sites (tertiary alicyclic amines) is 1. The van der Waals surface area contributed by atoms with Gasteiger partial charge in [0.1, 0.15) is 0 Å². The molecule has 0 aliphatic carbocycles. The quantitative estimate of drug-likeness (QED) is 0.767. The summed E-state index contributed by atoms with van der Waals surface area (Å²) in [5.41, 5.74) is 3.54. The highest BCUT2D eigenvalue weighted by atomic mass is 35.5. The number of halogens is 2. The molecule has 2 nitrogen and oxygen atoms in total. The molecule has 1 fully saturated rings. The van der Waals surface area contributed by atoms with Crippen molar-refractivity contribution in [3.8, 4) is 0 Å². The molecule has 120 valence electrons. The Balaban J connectivity index is 1.63. The van der Waals surface area contributed by atoms with Gasteiger partial charge in [-0.2, -0.15) is 0 Å². The van der Waals surface area contributed by atoms with E-state index in [0.29, 0.717) is 22.6 Å². The van der Waals surface area contributed by atoms with Gasteiger partial charge < -0.3 is 4.74 Å². The molecule has 2 aromatic rings. The van der Waals surface area contributed by atoms with E-state index in [0.717, 1.165) is 25.2 Å². The van der Waals surface area contributed by atoms with E-state index >= 15 is 0 Å². The zero-order valence-corrected chi connectivity index (χ0v) is 14.6. The minimum Gasteiger partial charge on any atom is -0.369 e. The van der Waals surface area contributed by atoms with Crippen LogP contribution in [0.4, 0.5) is 0 Å². The number of nitrogens with zero attached hydrogens (tertiary/aromatic N) is 1. The first-order chi connectivity index (χ1) is 11.1. The Morgan fingerprint density at radius 3 is 2.74 bits per heavy atom. The van der Waals surface area contributed by atoms with Crippen molar-refractivity contribution in [3.05, 3.63) is 69.2 Å². The lowest BCUT2D eigenvalue weighted by Crippen LogP contribution is -2.40. The second-order valence-electron chi connectivity index (χ2n) is 6.74. The molecule has 0 unspecified atom stereocenters. The van der Waals surface area contributed by atoms with E-state index in [-0.39, 0.29) is 5.60 Å². The van der Waals surface area contributed by atoms with E-state index in [1.54, 1.807) is 0 Å². The van der Waals surface area contributed by atoms with Gasteiger partial charge in [-0.1, -0.05) is 59.6 Å². The van der Waals surface area contributed by atoms with Gasteiger partial charge in [0.2, 0.25) is 0 Å². The van der Waals surface area contributed by atoms with Gasteiger partial charge in [0.25, 0.3) is 0 Å². The fourth-order valence-corrected chi connectivity index (χ4v) is 4.33. The minimum absolute atomic E-state index is 0.154. The summed E-state index contributed by atoms with van der Waals surface area (Å²) < 4.78 is 6.23. The maximum Gasteiger partial charge on any atom is 0.0866 e. The first kappa shape index (κ1) is 15.5. The van der Waals surface area contributed by atoms with Crippen LogP contribution in [0.3, 0.4) is 0 Å². The van der Waals surface area contributed by atoms with Crippen molar-refractivity contribution in [2.75, 3.05) is 13.1 Å². The van der Waals surface area contributed by atoms with Crippen LogP contribution in [0.25, 0.3) is 0 Å². The molecule has 0 bridgehead atoms. The number of ether oxygens (including phenoxy) is 1. The summed E-state index contributed by atoms with van der Waals surface area (Å²) >= 11 is 12.5. The SMILES string of the molecule is C[C@]12CN(Cc3ccccc3)C[C@@H]1c1ccc(Cl)c(Cl)c1CO2. The van der Waals surface area contributed by atoms with Crippen molar-refractivity contribution in [2.45, 2.75) is 31.6 Å². The molecule has 0 spiro atoms. The zero-order chi connectivity index (χ0) is 16.0. The molecular formula is C19H19Cl2NO. The Labute approximate surface area is 147 Å². The average molecular weight is 348 g/mol. The molecule has 4 rings (SSSR count). The van der Waals surface area contributed by atoms with Crippen LogP contribution in [0.2, 0.25) is 10.0 Å². The summed E-state index contributed by atoms with van der Waals surface area (Å²) in [5.74, 6) is 0.338. The molecule has 0 amide bonds. The minimum atomic E-state index is -0.154. The monoisotopic (exact) mass is 347 g/mol. The van der Waals surface area contributed by atoms with Crippen LogP contribution >= 0.6 is 23.2 Å². The highest BCUT2D eigenvalue weighted by molar-refractivity contribution is 6.42. The highest BCUT2D eigenvalue weighted by Gasteiger charge is 2.48. The van der Waals surface area contributed by atoms with Crippen LogP contribution < -0.4 is 0 Å². The fourth-order valence-electron chi connectivity index (χ4n) is 3.92. The molecule has 2 aromatic carbocycles. The van der Waals surface area contributed by atoms with Crippen molar-refractivity contribution >= 4 is 23.2 Å². The van der Waals surface area contributed by atoms with Crippen molar-refractivity contribution in [2.24, 2.45) is 0 Å². The second kappa shape index (κ2) is 5.78. The Bertz CT molecular complexity index is 734. The Morgan fingerprint density at radius 1 is 1.17 bits per heavy atom. The normalized spacial score (nSPS) is 26.8. The lowest BCUT2D eigenvalue weighted by atomic mass is 9.81. The Kier molecular flexibility index (Phi) is 3.89. The number of rotatable bonds is 2. The first-order valence-corrected chi connectivity index (χ1v) is 8.69. The van der Waals surface area contributed by atoms with E-state index in [4.69, 9.17) is 27.9 Å². The van der Waals surface area contributed by atoms with Gasteiger partial charge in [-0.25, -0.2) is 0 Å². The summed E-state index contributed by atoms with van der Waals surface area (Å²) in [6.45, 7) is 5.63. The van der Waals surface area contributed by atoms with Gasteiger partial charge in [0, 0.05) is 31.1 Å². The molecule has 0 saturated carbocycles. The maximum absolute atomic E-state index is 6.39. The van der Waals surface area contributed by atoms with E-state index in [2.05, 4.69) is 48.2 Å². The second-order valence-corrected chi connectivity index (χ2v) is 7.52. The highest BCUT2D eigenvalue weighted by Crippen LogP contribution is 2.47. The predicted molar refractivity (Wildman–Crippen MR) is 94.1 cm³/mol. The van der Waals surface area contributed by atoms with Gasteiger partial charge in [-0.05, 0) is 24.1 Å². The zero-order valence-electron chi connectivity index (χ0n) is 13.1. The van der Waals surface area contributed by atoms with Crippen molar-refractivity contribution in [1.29, 1.82) is 0 Å². The smallest absolute Gasteiger partial charge is 0.0866 e. The van der Waals surface area contributed by atoms with Crippen LogP contribution in [-0.4, -0.2) is 23.6 Å². The lowest BCUT2D eigenvalue weighted by molar-refractivity contribution is -0.0567. The maximum atomic E-state index is 6.39. The van der Waals surface area contributed by atoms with Crippen LogP contribution in [0.15, 0.2) is 42.5 Å². The number of hydrogen-bond acceptors (Lipinski definition) is 2. The van der Waals surface area contributed by atoms with Crippen LogP contribution in [0.5, 0.6) is 0 Å². The Hall–Kier alpha value is -1.06. The van der Waals surface area contributed by atoms with E-state index in [9.17, 15) is 0 Å². The molecule has 0 N–H and O–H groups in total. The molecule has 4 heteroatoms. The van der Waals surface area contributed by atoms with Crippen molar-refractivity contribution in [1.82, 2.24) is 4.90 Å². The standard InChI is InChI=1S/C19H19Cl2NO/c1-19-12-22(9-13-5-3-2-4-6-13)10-16(19)14-7-8-17(20)18(21)15(14)11-23-19/h2-8,16H,9-12H2,1H3/t16-,19+/m1/s1. The van der Waals surface area contributed by atoms with Crippen LogP contribution in [0.1, 0.15) is 29.5 Å². The number of hydrogen-bond donors (Lipinski definition) is 0. The van der Waals surface area contributed by atoms with E-state index < -0.39 is 0 Å². The van der Waals surface area contributed by atoms with Gasteiger partial charge in [-0.3, -0.25) is 4.90 Å². The van der Waals surface area contributed by atoms with Crippen LogP contribution in [0, 0.1) is 0 Å². The molecule has 23 heavy (non-hydrogen) atoms. The lowest BCUT2D eigenvalue weighted by Gasteiger charge is -2.37. The third-order valence-electron chi connectivity index (χ3n) is 5.12. The molecule has 2 atom stereocenters. The molecule has 2 heterocycles. The van der Waals surface area contributed by atoms with E-state index in [1.165, 1.54) is 11.1 Å². The first-order valence-electron chi connectivity index (χ1n) is 7.94. The van der Waals surface area contributed by atoms with Crippen LogP contribution in [-0.2, 0) is 17.9 Å². The summed E-state index contributed by atoms with van der Waals surface area (Å²) in [6, 6.07) is 14.6. The van der Waals surface area contributed by atoms with Gasteiger partial charge in [0.15, 0.2) is 0 Å². The average Bonchev–Trinajstić information content (AvgIpc) is 2.88. The van der Waals surface area contributed by atoms with Gasteiger partial charge in [-0.15, -0.1) is 0 Å². The largest absolute Gasteiger partial charge is 0.369 e. The summed E-state index contributed by atoms with van der Waals surface area (Å²) in [6.07, 6.45) is 0. The fraction of sp³-hybridized carbons (Fsp3) is 0.368. The molecule has 2 aliphatic heterocycles. The van der Waals surface area contributed by atoms with E-state index in [1.807, 2.05) is 6.07 Å². The molecule has 0 aromatic heterocycles. The molecule has 1 saturated heterocycles. The predicted octanol–water partition coefficient (Wildman–Crippen LogP) is 4.88. The molecule has 2 aliphatic rings. The van der Waals surface area contributed by atoms with Crippen molar-refractivity contribution < 1.29 is 4.74 Å². The summed E-state index contributed by atoms with van der Waals surface area (Å²) in [7, 11) is 0. The number of fused-ring (bicyclic) bond motifs is 3. The summed E-state index contributed by atoms with van der Waals surface area (Å²) in [5, 5.41) is 1.25. The topological polar surface area (TPSA) is 12.5 Å². The third-order valence-corrected chi connectivity index (χ3v) is 5.96. The summed E-state index contributed by atoms with van der Waals surface area (Å²) in [4.78, 5) is 2.47. The van der Waals surface area contributed by atoms with Crippen molar-refractivity contribution in [3.63, 3.8) is 0 Å². The number of benzene rings is 2. The molecule has 0 radical (unpaired) electrons. The molecular weight excluding hydrogens is 329 g/mol. The van der Waals surface area contributed by atoms with Gasteiger partial charge >= 0.3 is 0 Å². The Morgan fingerprint density at radius 2 is 1.96 bits per heavy atom.